The van der Waals surface area contributed by atoms with Crippen LogP contribution in [-0.2, 0) is 11.3 Å². The van der Waals surface area contributed by atoms with Crippen molar-refractivity contribution < 1.29 is 14.3 Å². The van der Waals surface area contributed by atoms with Crippen LogP contribution in [0.2, 0.25) is 0 Å². The molecule has 5 nitrogen and oxygen atoms in total. The number of carbonyl (C=O) groups is 1. The number of amides is 1. The van der Waals surface area contributed by atoms with Gasteiger partial charge in [-0.2, -0.15) is 0 Å². The minimum absolute atomic E-state index is 0.00865. The Balaban J connectivity index is 1.89. The van der Waals surface area contributed by atoms with Crippen LogP contribution in [0.25, 0.3) is 0 Å². The molecule has 2 atom stereocenters. The smallest absolute Gasteiger partial charge is 0.252 e. The third-order valence-electron chi connectivity index (χ3n) is 4.80. The van der Waals surface area contributed by atoms with Gasteiger partial charge in [-0.05, 0) is 44.9 Å². The maximum Gasteiger partial charge on any atom is 0.252 e. The summed E-state index contributed by atoms with van der Waals surface area (Å²) in [5.74, 6) is -0.318. The number of rotatable bonds is 9. The Morgan fingerprint density at radius 2 is 2.26 bits per heavy atom. The van der Waals surface area contributed by atoms with E-state index in [2.05, 4.69) is 10.3 Å². The maximum atomic E-state index is 13.0. The van der Waals surface area contributed by atoms with Crippen molar-refractivity contribution in [3.8, 4) is 0 Å². The molecule has 2 N–H and O–H groups in total. The third kappa shape index (κ3) is 5.03. The summed E-state index contributed by atoms with van der Waals surface area (Å²) in [4.78, 5) is 16.5. The molecule has 0 saturated heterocycles. The highest BCUT2D eigenvalue weighted by atomic mass is 19.1. The predicted molar refractivity (Wildman–Crippen MR) is 86.6 cm³/mol. The van der Waals surface area contributed by atoms with Crippen LogP contribution in [0.15, 0.2) is 18.7 Å². The van der Waals surface area contributed by atoms with Crippen molar-refractivity contribution in [1.82, 2.24) is 14.9 Å². The zero-order chi connectivity index (χ0) is 16.7. The van der Waals surface area contributed by atoms with Crippen LogP contribution < -0.4 is 5.32 Å². The number of carbonyl (C=O) groups excluding carboxylic acids is 1. The summed E-state index contributed by atoms with van der Waals surface area (Å²) in [6.07, 6.45) is 9.41. The van der Waals surface area contributed by atoms with Crippen molar-refractivity contribution >= 4 is 5.91 Å². The summed E-state index contributed by atoms with van der Waals surface area (Å²) in [6.45, 7) is 2.58. The molecule has 1 fully saturated rings. The predicted octanol–water partition coefficient (Wildman–Crippen LogP) is 2.45. The van der Waals surface area contributed by atoms with Gasteiger partial charge in [0.1, 0.15) is 5.60 Å². The molecule has 1 aliphatic rings. The van der Waals surface area contributed by atoms with Crippen molar-refractivity contribution in [3.63, 3.8) is 0 Å². The first-order valence-electron chi connectivity index (χ1n) is 8.63. The summed E-state index contributed by atoms with van der Waals surface area (Å²) < 4.78 is 14.9. The molecule has 130 valence electrons. The molecule has 1 saturated carbocycles. The Kier molecular flexibility index (Phi) is 6.57. The molecule has 0 bridgehead atoms. The number of hydrogen-bond acceptors (Lipinski definition) is 3. The molecule has 1 aromatic heterocycles. The SMILES string of the molecule is CC(F)CCCC(O)(C(=O)NCCn1ccnc1)C1CCCC1. The van der Waals surface area contributed by atoms with Crippen LogP contribution in [0, 0.1) is 5.92 Å². The highest BCUT2D eigenvalue weighted by Gasteiger charge is 2.44. The number of alkyl halides is 1. The lowest BCUT2D eigenvalue weighted by atomic mass is 9.81. The number of aliphatic hydroxyl groups is 1. The third-order valence-corrected chi connectivity index (χ3v) is 4.80. The molecule has 1 heterocycles. The fraction of sp³-hybridized carbons (Fsp3) is 0.765. The van der Waals surface area contributed by atoms with Gasteiger partial charge in [0.05, 0.1) is 12.5 Å². The highest BCUT2D eigenvalue weighted by molar-refractivity contribution is 5.85. The second-order valence-corrected chi connectivity index (χ2v) is 6.64. The van der Waals surface area contributed by atoms with Gasteiger partial charge in [-0.1, -0.05) is 12.8 Å². The molecule has 0 radical (unpaired) electrons. The van der Waals surface area contributed by atoms with Crippen LogP contribution in [0.5, 0.6) is 0 Å². The van der Waals surface area contributed by atoms with Crippen molar-refractivity contribution in [1.29, 1.82) is 0 Å². The van der Waals surface area contributed by atoms with Gasteiger partial charge in [-0.15, -0.1) is 0 Å². The topological polar surface area (TPSA) is 67.2 Å². The lowest BCUT2D eigenvalue weighted by Crippen LogP contribution is -2.52. The second-order valence-electron chi connectivity index (χ2n) is 6.64. The summed E-state index contributed by atoms with van der Waals surface area (Å²) in [7, 11) is 0. The van der Waals surface area contributed by atoms with Crippen molar-refractivity contribution in [2.24, 2.45) is 5.92 Å². The van der Waals surface area contributed by atoms with Gasteiger partial charge in [-0.3, -0.25) is 4.79 Å². The van der Waals surface area contributed by atoms with E-state index in [1.54, 1.807) is 12.5 Å². The standard InChI is InChI=1S/C17H28FN3O2/c1-14(18)5-4-8-17(23,15-6-2-3-7-15)16(22)20-10-12-21-11-9-19-13-21/h9,11,13-15,23H,2-8,10,12H2,1H3,(H,20,22). The van der Waals surface area contributed by atoms with Crippen molar-refractivity contribution in [2.45, 2.75) is 70.2 Å². The fourth-order valence-corrected chi connectivity index (χ4v) is 3.43. The summed E-state index contributed by atoms with van der Waals surface area (Å²) in [6, 6.07) is 0. The Hall–Kier alpha value is -1.43. The average molecular weight is 325 g/mol. The molecule has 0 aromatic carbocycles. The van der Waals surface area contributed by atoms with E-state index in [0.717, 1.165) is 25.7 Å². The van der Waals surface area contributed by atoms with Gasteiger partial charge < -0.3 is 15.0 Å². The quantitative estimate of drug-likeness (QED) is 0.733. The van der Waals surface area contributed by atoms with E-state index in [-0.39, 0.29) is 11.8 Å². The monoisotopic (exact) mass is 325 g/mol. The molecule has 1 aliphatic carbocycles. The van der Waals surface area contributed by atoms with E-state index < -0.39 is 11.8 Å². The minimum Gasteiger partial charge on any atom is -0.380 e. The lowest BCUT2D eigenvalue weighted by Gasteiger charge is -2.33. The zero-order valence-electron chi connectivity index (χ0n) is 13.9. The van der Waals surface area contributed by atoms with Gasteiger partial charge in [-0.25, -0.2) is 9.37 Å². The molecule has 0 spiro atoms. The Morgan fingerprint density at radius 1 is 1.52 bits per heavy atom. The minimum atomic E-state index is -1.36. The van der Waals surface area contributed by atoms with E-state index in [1.165, 1.54) is 6.92 Å². The molecule has 2 unspecified atom stereocenters. The van der Waals surface area contributed by atoms with Crippen molar-refractivity contribution in [3.05, 3.63) is 18.7 Å². The van der Waals surface area contributed by atoms with Crippen LogP contribution >= 0.6 is 0 Å². The van der Waals surface area contributed by atoms with Gasteiger partial charge in [0, 0.05) is 25.5 Å². The Bertz CT molecular complexity index is 472. The second kappa shape index (κ2) is 8.43. The van der Waals surface area contributed by atoms with Crippen molar-refractivity contribution in [2.75, 3.05) is 6.54 Å². The molecule has 23 heavy (non-hydrogen) atoms. The average Bonchev–Trinajstić information content (AvgIpc) is 3.20. The van der Waals surface area contributed by atoms with Gasteiger partial charge in [0.2, 0.25) is 0 Å². The molecular weight excluding hydrogens is 297 g/mol. The summed E-state index contributed by atoms with van der Waals surface area (Å²) >= 11 is 0. The largest absolute Gasteiger partial charge is 0.380 e. The van der Waals surface area contributed by atoms with Gasteiger partial charge >= 0.3 is 0 Å². The fourth-order valence-electron chi connectivity index (χ4n) is 3.43. The molecule has 1 amide bonds. The number of hydrogen-bond donors (Lipinski definition) is 2. The van der Waals surface area contributed by atoms with E-state index in [1.807, 2.05) is 10.8 Å². The number of nitrogens with one attached hydrogen (secondary N) is 1. The first kappa shape index (κ1) is 17.9. The van der Waals surface area contributed by atoms with Crippen LogP contribution in [0.4, 0.5) is 4.39 Å². The Morgan fingerprint density at radius 3 is 2.87 bits per heavy atom. The van der Waals surface area contributed by atoms with Crippen LogP contribution in [0.1, 0.15) is 51.9 Å². The first-order chi connectivity index (χ1) is 11.0. The van der Waals surface area contributed by atoms with Gasteiger partial charge in [0.25, 0.3) is 5.91 Å². The maximum absolute atomic E-state index is 13.0. The molecule has 6 heteroatoms. The molecular formula is C17H28FN3O2. The summed E-state index contributed by atoms with van der Waals surface area (Å²) in [5, 5.41) is 13.8. The highest BCUT2D eigenvalue weighted by Crippen LogP contribution is 2.37. The molecule has 0 aliphatic heterocycles. The van der Waals surface area contributed by atoms with Crippen LogP contribution in [0.3, 0.4) is 0 Å². The van der Waals surface area contributed by atoms with Gasteiger partial charge in [0.15, 0.2) is 0 Å². The van der Waals surface area contributed by atoms with E-state index >= 15 is 0 Å². The van der Waals surface area contributed by atoms with E-state index in [4.69, 9.17) is 0 Å². The number of aromatic nitrogens is 2. The molecule has 1 aromatic rings. The first-order valence-corrected chi connectivity index (χ1v) is 8.63. The number of imidazole rings is 1. The Labute approximate surface area is 137 Å². The van der Waals surface area contributed by atoms with E-state index in [0.29, 0.717) is 32.4 Å². The molecule has 2 rings (SSSR count). The lowest BCUT2D eigenvalue weighted by molar-refractivity contribution is -0.147. The normalized spacial score (nSPS) is 19.4. The number of nitrogens with zero attached hydrogens (tertiary/aromatic N) is 2. The summed E-state index contributed by atoms with van der Waals surface area (Å²) in [5.41, 5.74) is -1.36. The van der Waals surface area contributed by atoms with Crippen LogP contribution in [-0.4, -0.2) is 38.9 Å². The number of halogens is 1. The van der Waals surface area contributed by atoms with E-state index in [9.17, 15) is 14.3 Å². The zero-order valence-corrected chi connectivity index (χ0v) is 13.9.